The van der Waals surface area contributed by atoms with Crippen molar-refractivity contribution in [1.82, 2.24) is 10.6 Å². The van der Waals surface area contributed by atoms with Crippen LogP contribution in [0.2, 0.25) is 0 Å². The average Bonchev–Trinajstić information content (AvgIpc) is 3.09. The summed E-state index contributed by atoms with van der Waals surface area (Å²) in [5, 5.41) is 6.98. The van der Waals surface area contributed by atoms with Crippen molar-refractivity contribution in [2.24, 2.45) is 10.4 Å². The maximum absolute atomic E-state index is 5.32. The molecule has 0 aliphatic heterocycles. The molecule has 0 amide bonds. The van der Waals surface area contributed by atoms with Crippen molar-refractivity contribution in [1.29, 1.82) is 0 Å². The maximum atomic E-state index is 5.32. The first-order valence-electron chi connectivity index (χ1n) is 9.28. The Kier molecular flexibility index (Phi) is 10.3. The van der Waals surface area contributed by atoms with Gasteiger partial charge in [-0.3, -0.25) is 4.99 Å². The molecule has 148 valence electrons. The van der Waals surface area contributed by atoms with E-state index >= 15 is 0 Å². The SMILES string of the molecule is CN=C(NCc1cccc(N(C)C)c1)NCC1(CCOC)CCCC1.I. The van der Waals surface area contributed by atoms with E-state index in [4.69, 9.17) is 4.74 Å². The number of methoxy groups -OCH3 is 1. The van der Waals surface area contributed by atoms with Crippen molar-refractivity contribution in [3.05, 3.63) is 29.8 Å². The molecule has 5 nitrogen and oxygen atoms in total. The summed E-state index contributed by atoms with van der Waals surface area (Å²) in [5.74, 6) is 0.874. The summed E-state index contributed by atoms with van der Waals surface area (Å²) in [5.41, 5.74) is 2.83. The normalized spacial score (nSPS) is 16.1. The summed E-state index contributed by atoms with van der Waals surface area (Å²) in [7, 11) is 7.75. The Labute approximate surface area is 176 Å². The van der Waals surface area contributed by atoms with Crippen LogP contribution in [0.25, 0.3) is 0 Å². The Morgan fingerprint density at radius 1 is 1.23 bits per heavy atom. The fraction of sp³-hybridized carbons (Fsp3) is 0.650. The second-order valence-electron chi connectivity index (χ2n) is 7.29. The zero-order chi connectivity index (χ0) is 18.1. The molecule has 1 aromatic rings. The molecule has 0 saturated heterocycles. The van der Waals surface area contributed by atoms with Gasteiger partial charge in [-0.1, -0.05) is 25.0 Å². The summed E-state index contributed by atoms with van der Waals surface area (Å²) in [6.45, 7) is 2.57. The predicted octanol–water partition coefficient (Wildman–Crippen LogP) is 3.63. The Bertz CT molecular complexity index is 556. The third-order valence-corrected chi connectivity index (χ3v) is 5.24. The first kappa shape index (κ1) is 23.0. The number of hydrogen-bond acceptors (Lipinski definition) is 3. The highest BCUT2D eigenvalue weighted by molar-refractivity contribution is 14.0. The monoisotopic (exact) mass is 474 g/mol. The standard InChI is InChI=1S/C20H34N4O.HI/c1-21-19(22-15-17-8-7-9-18(14-17)24(2)3)23-16-20(12-13-25-4)10-5-6-11-20;/h7-9,14H,5-6,10-13,15-16H2,1-4H3,(H2,21,22,23);1H. The average molecular weight is 474 g/mol. The van der Waals surface area contributed by atoms with E-state index in [9.17, 15) is 0 Å². The van der Waals surface area contributed by atoms with Crippen molar-refractivity contribution < 1.29 is 4.74 Å². The van der Waals surface area contributed by atoms with Crippen molar-refractivity contribution in [3.8, 4) is 0 Å². The zero-order valence-electron chi connectivity index (χ0n) is 16.7. The highest BCUT2D eigenvalue weighted by Crippen LogP contribution is 2.40. The number of anilines is 1. The molecule has 0 radical (unpaired) electrons. The van der Waals surface area contributed by atoms with Crippen molar-refractivity contribution >= 4 is 35.6 Å². The number of halogens is 1. The number of rotatable bonds is 8. The lowest BCUT2D eigenvalue weighted by Crippen LogP contribution is -2.43. The van der Waals surface area contributed by atoms with Gasteiger partial charge in [0.05, 0.1) is 0 Å². The van der Waals surface area contributed by atoms with Gasteiger partial charge in [0.25, 0.3) is 0 Å². The Morgan fingerprint density at radius 2 is 1.96 bits per heavy atom. The lowest BCUT2D eigenvalue weighted by molar-refractivity contribution is 0.138. The van der Waals surface area contributed by atoms with Crippen LogP contribution in [0.1, 0.15) is 37.7 Å². The molecule has 0 unspecified atom stereocenters. The lowest BCUT2D eigenvalue weighted by atomic mass is 9.83. The third kappa shape index (κ3) is 6.95. The molecule has 0 bridgehead atoms. The molecular formula is C20H35IN4O. The van der Waals surface area contributed by atoms with Crippen LogP contribution in [0.5, 0.6) is 0 Å². The van der Waals surface area contributed by atoms with Crippen LogP contribution in [-0.4, -0.2) is 47.4 Å². The van der Waals surface area contributed by atoms with Gasteiger partial charge < -0.3 is 20.3 Å². The summed E-state index contributed by atoms with van der Waals surface area (Å²) in [6, 6.07) is 8.57. The first-order chi connectivity index (χ1) is 12.1. The predicted molar refractivity (Wildman–Crippen MR) is 122 cm³/mol. The summed E-state index contributed by atoms with van der Waals surface area (Å²) in [4.78, 5) is 6.51. The van der Waals surface area contributed by atoms with E-state index in [0.717, 1.165) is 32.1 Å². The van der Waals surface area contributed by atoms with E-state index in [1.165, 1.54) is 36.9 Å². The van der Waals surface area contributed by atoms with E-state index in [0.29, 0.717) is 5.41 Å². The number of nitrogens with one attached hydrogen (secondary N) is 2. The fourth-order valence-electron chi connectivity index (χ4n) is 3.58. The van der Waals surface area contributed by atoms with Crippen molar-refractivity contribution in [2.75, 3.05) is 46.3 Å². The second kappa shape index (κ2) is 11.6. The lowest BCUT2D eigenvalue weighted by Gasteiger charge is -2.30. The maximum Gasteiger partial charge on any atom is 0.191 e. The molecule has 2 rings (SSSR count). The topological polar surface area (TPSA) is 48.9 Å². The quantitative estimate of drug-likeness (QED) is 0.343. The molecule has 26 heavy (non-hydrogen) atoms. The second-order valence-corrected chi connectivity index (χ2v) is 7.29. The van der Waals surface area contributed by atoms with Gasteiger partial charge in [0.2, 0.25) is 0 Å². The van der Waals surface area contributed by atoms with E-state index in [1.54, 1.807) is 7.11 Å². The van der Waals surface area contributed by atoms with Crippen LogP contribution < -0.4 is 15.5 Å². The molecule has 1 aliphatic rings. The molecule has 0 aromatic heterocycles. The molecular weight excluding hydrogens is 439 g/mol. The minimum absolute atomic E-state index is 0. The Hall–Kier alpha value is -1.02. The van der Waals surface area contributed by atoms with Gasteiger partial charge in [-0.15, -0.1) is 24.0 Å². The van der Waals surface area contributed by atoms with Crippen molar-refractivity contribution in [2.45, 2.75) is 38.6 Å². The highest BCUT2D eigenvalue weighted by Gasteiger charge is 2.33. The Morgan fingerprint density at radius 3 is 2.58 bits per heavy atom. The number of benzene rings is 1. The third-order valence-electron chi connectivity index (χ3n) is 5.24. The van der Waals surface area contributed by atoms with Crippen LogP contribution in [0.3, 0.4) is 0 Å². The molecule has 1 aliphatic carbocycles. The largest absolute Gasteiger partial charge is 0.385 e. The molecule has 6 heteroatoms. The minimum atomic E-state index is 0. The molecule has 1 fully saturated rings. The smallest absolute Gasteiger partial charge is 0.191 e. The van der Waals surface area contributed by atoms with E-state index in [2.05, 4.69) is 58.9 Å². The number of hydrogen-bond donors (Lipinski definition) is 2. The molecule has 0 heterocycles. The fourth-order valence-corrected chi connectivity index (χ4v) is 3.58. The van der Waals surface area contributed by atoms with Gasteiger partial charge >= 0.3 is 0 Å². The van der Waals surface area contributed by atoms with E-state index in [1.807, 2.05) is 7.05 Å². The van der Waals surface area contributed by atoms with Crippen LogP contribution >= 0.6 is 24.0 Å². The first-order valence-corrected chi connectivity index (χ1v) is 9.28. The summed E-state index contributed by atoms with van der Waals surface area (Å²) in [6.07, 6.45) is 6.35. The van der Waals surface area contributed by atoms with E-state index < -0.39 is 0 Å². The van der Waals surface area contributed by atoms with E-state index in [-0.39, 0.29) is 24.0 Å². The van der Waals surface area contributed by atoms with Gasteiger partial charge in [-0.25, -0.2) is 0 Å². The van der Waals surface area contributed by atoms with Gasteiger partial charge in [-0.2, -0.15) is 0 Å². The molecule has 2 N–H and O–H groups in total. The van der Waals surface area contributed by atoms with Crippen LogP contribution in [-0.2, 0) is 11.3 Å². The van der Waals surface area contributed by atoms with Gasteiger partial charge in [0, 0.05) is 53.6 Å². The van der Waals surface area contributed by atoms with Crippen LogP contribution in [0.4, 0.5) is 5.69 Å². The number of nitrogens with zero attached hydrogens (tertiary/aromatic N) is 2. The highest BCUT2D eigenvalue weighted by atomic mass is 127. The molecule has 1 aromatic carbocycles. The van der Waals surface area contributed by atoms with Crippen LogP contribution in [0.15, 0.2) is 29.3 Å². The Balaban J connectivity index is 0.00000338. The van der Waals surface area contributed by atoms with Crippen LogP contribution in [0, 0.1) is 5.41 Å². The molecule has 0 atom stereocenters. The minimum Gasteiger partial charge on any atom is -0.385 e. The molecule has 0 spiro atoms. The summed E-state index contributed by atoms with van der Waals surface area (Å²) < 4.78 is 5.32. The molecule has 1 saturated carbocycles. The number of ether oxygens (including phenoxy) is 1. The van der Waals surface area contributed by atoms with Gasteiger partial charge in [0.15, 0.2) is 5.96 Å². The summed E-state index contributed by atoms with van der Waals surface area (Å²) >= 11 is 0. The zero-order valence-corrected chi connectivity index (χ0v) is 19.0. The van der Waals surface area contributed by atoms with Gasteiger partial charge in [-0.05, 0) is 42.4 Å². The van der Waals surface area contributed by atoms with Gasteiger partial charge in [0.1, 0.15) is 0 Å². The number of guanidine groups is 1. The van der Waals surface area contributed by atoms with Crippen molar-refractivity contribution in [3.63, 3.8) is 0 Å². The number of aliphatic imine (C=N–C) groups is 1.